The molecule has 0 bridgehead atoms. The minimum Gasteiger partial charge on any atom is -0.423 e. The number of allylic oxidation sites excluding steroid dienone is 1. The fraction of sp³-hybridized carbons (Fsp3) is 0.200. The highest BCUT2D eigenvalue weighted by atomic mass is 16.6. The number of carbonyl (C=O) groups is 2. The van der Waals surface area contributed by atoms with Crippen molar-refractivity contribution in [1.29, 1.82) is 0 Å². The smallest absolute Gasteiger partial charge is 0.423 e. The van der Waals surface area contributed by atoms with E-state index in [1.807, 2.05) is 0 Å². The first-order chi connectivity index (χ1) is 15.0. The number of amides is 2. The lowest BCUT2D eigenvalue weighted by atomic mass is 9.80. The second kappa shape index (κ2) is 11.0. The van der Waals surface area contributed by atoms with Gasteiger partial charge in [-0.05, 0) is 48.2 Å². The van der Waals surface area contributed by atoms with Crippen molar-refractivity contribution >= 4 is 37.0 Å². The molecule has 32 heavy (non-hydrogen) atoms. The third-order valence-electron chi connectivity index (χ3n) is 4.35. The van der Waals surface area contributed by atoms with E-state index in [2.05, 4.69) is 10.6 Å². The minimum absolute atomic E-state index is 0.134. The normalized spacial score (nSPS) is 13.2. The van der Waals surface area contributed by atoms with Gasteiger partial charge >= 0.3 is 14.2 Å². The predicted molar refractivity (Wildman–Crippen MR) is 118 cm³/mol. The van der Waals surface area contributed by atoms with Crippen molar-refractivity contribution in [3.8, 4) is 0 Å². The maximum absolute atomic E-state index is 12.2. The van der Waals surface area contributed by atoms with Gasteiger partial charge in [0.05, 0.1) is 6.61 Å². The van der Waals surface area contributed by atoms with Gasteiger partial charge in [-0.1, -0.05) is 24.3 Å². The van der Waals surface area contributed by atoms with Crippen LogP contribution >= 0.6 is 0 Å². The topological polar surface area (TPSA) is 169 Å². The molecule has 2 rings (SSSR count). The van der Waals surface area contributed by atoms with Crippen molar-refractivity contribution in [2.45, 2.75) is 19.8 Å². The van der Waals surface area contributed by atoms with Crippen LogP contribution in [0.4, 0.5) is 0 Å². The van der Waals surface area contributed by atoms with Crippen molar-refractivity contribution in [3.05, 3.63) is 71.4 Å². The number of ether oxygens (including phenoxy) is 1. The standard InChI is InChI=1S/C20H24B2N2O8/c1-13(23-18(25)14-3-7-16(8-4-14)21(28)29)11-12-32-20(2,27)24-19(26)15-5-9-17(10-6-15)22(30)31/h3-11,27-31H,12H2,1-2H3,(H,23,25)(H,24,26)/b13-11+. The summed E-state index contributed by atoms with van der Waals surface area (Å²) in [6.45, 7) is 2.71. The highest BCUT2D eigenvalue weighted by Crippen LogP contribution is 2.06. The highest BCUT2D eigenvalue weighted by Gasteiger charge is 2.24. The van der Waals surface area contributed by atoms with E-state index in [1.165, 1.54) is 61.5 Å². The summed E-state index contributed by atoms with van der Waals surface area (Å²) < 4.78 is 5.24. The Morgan fingerprint density at radius 1 is 0.906 bits per heavy atom. The number of nitrogens with one attached hydrogen (secondary N) is 2. The highest BCUT2D eigenvalue weighted by molar-refractivity contribution is 6.58. The maximum Gasteiger partial charge on any atom is 0.488 e. The first-order valence-electron chi connectivity index (χ1n) is 9.57. The monoisotopic (exact) mass is 442 g/mol. The Bertz CT molecular complexity index is 961. The number of hydrogen-bond donors (Lipinski definition) is 7. The molecule has 0 saturated heterocycles. The summed E-state index contributed by atoms with van der Waals surface area (Å²) in [5, 5.41) is 51.5. The Morgan fingerprint density at radius 2 is 1.34 bits per heavy atom. The lowest BCUT2D eigenvalue weighted by Gasteiger charge is -2.24. The van der Waals surface area contributed by atoms with Crippen LogP contribution in [0.5, 0.6) is 0 Å². The first kappa shape index (κ1) is 25.3. The summed E-state index contributed by atoms with van der Waals surface area (Å²) in [6, 6.07) is 11.2. The van der Waals surface area contributed by atoms with Crippen LogP contribution in [0.3, 0.4) is 0 Å². The summed E-state index contributed by atoms with van der Waals surface area (Å²) in [5.41, 5.74) is 1.39. The Balaban J connectivity index is 1.86. The Labute approximate surface area is 185 Å². The fourth-order valence-corrected chi connectivity index (χ4v) is 2.56. The van der Waals surface area contributed by atoms with Gasteiger partial charge < -0.3 is 40.6 Å². The van der Waals surface area contributed by atoms with E-state index < -0.39 is 32.0 Å². The van der Waals surface area contributed by atoms with E-state index in [0.717, 1.165) is 0 Å². The molecule has 0 aliphatic rings. The zero-order valence-corrected chi connectivity index (χ0v) is 17.5. The zero-order valence-electron chi connectivity index (χ0n) is 17.5. The predicted octanol–water partition coefficient (Wildman–Crippen LogP) is -2.21. The van der Waals surface area contributed by atoms with Crippen LogP contribution < -0.4 is 21.6 Å². The molecule has 1 unspecified atom stereocenters. The number of hydrogen-bond acceptors (Lipinski definition) is 8. The Hall–Kier alpha value is -2.99. The molecule has 10 nitrogen and oxygen atoms in total. The van der Waals surface area contributed by atoms with E-state index in [9.17, 15) is 14.7 Å². The van der Waals surface area contributed by atoms with Gasteiger partial charge in [0.25, 0.3) is 11.8 Å². The Kier molecular flexibility index (Phi) is 8.72. The van der Waals surface area contributed by atoms with Gasteiger partial charge in [0, 0.05) is 23.7 Å². The molecule has 0 aromatic heterocycles. The zero-order chi connectivity index (χ0) is 23.9. The molecule has 7 N–H and O–H groups in total. The quantitative estimate of drug-likeness (QED) is 0.170. The van der Waals surface area contributed by atoms with E-state index >= 15 is 0 Å². The van der Waals surface area contributed by atoms with Crippen molar-refractivity contribution in [1.82, 2.24) is 10.6 Å². The molecular weight excluding hydrogens is 418 g/mol. The van der Waals surface area contributed by atoms with E-state index in [4.69, 9.17) is 24.8 Å². The van der Waals surface area contributed by atoms with Crippen molar-refractivity contribution in [2.75, 3.05) is 6.61 Å². The van der Waals surface area contributed by atoms with Crippen LogP contribution in [0, 0.1) is 0 Å². The maximum atomic E-state index is 12.2. The molecule has 2 aromatic carbocycles. The molecule has 0 fully saturated rings. The number of benzene rings is 2. The molecule has 0 aliphatic carbocycles. The summed E-state index contributed by atoms with van der Waals surface area (Å²) in [5.74, 6) is -3.07. The lowest BCUT2D eigenvalue weighted by Crippen LogP contribution is -2.48. The van der Waals surface area contributed by atoms with Gasteiger partial charge in [0.2, 0.25) is 5.91 Å². The molecule has 2 amide bonds. The molecule has 0 spiro atoms. The number of rotatable bonds is 9. The van der Waals surface area contributed by atoms with Gasteiger partial charge in [-0.15, -0.1) is 0 Å². The lowest BCUT2D eigenvalue weighted by molar-refractivity contribution is -0.196. The van der Waals surface area contributed by atoms with Crippen LogP contribution in [0.1, 0.15) is 34.6 Å². The van der Waals surface area contributed by atoms with Gasteiger partial charge in [0.15, 0.2) is 0 Å². The van der Waals surface area contributed by atoms with Gasteiger partial charge in [-0.25, -0.2) is 0 Å². The van der Waals surface area contributed by atoms with Crippen molar-refractivity contribution in [2.24, 2.45) is 0 Å². The summed E-state index contributed by atoms with van der Waals surface area (Å²) in [7, 11) is -3.27. The molecule has 168 valence electrons. The Morgan fingerprint density at radius 3 is 1.78 bits per heavy atom. The van der Waals surface area contributed by atoms with Crippen LogP contribution in [0.25, 0.3) is 0 Å². The molecule has 1 atom stereocenters. The van der Waals surface area contributed by atoms with Crippen LogP contribution in [0.15, 0.2) is 60.3 Å². The average molecular weight is 442 g/mol. The molecule has 0 saturated carbocycles. The third-order valence-corrected chi connectivity index (χ3v) is 4.35. The second-order valence-electron chi connectivity index (χ2n) is 7.08. The number of aliphatic hydroxyl groups is 1. The van der Waals surface area contributed by atoms with Crippen molar-refractivity contribution in [3.63, 3.8) is 0 Å². The summed E-state index contributed by atoms with van der Waals surface area (Å²) in [6.07, 6.45) is 1.49. The average Bonchev–Trinajstić information content (AvgIpc) is 2.73. The SMILES string of the molecule is C/C(=C\COC(C)(O)NC(=O)c1ccc(B(O)O)cc1)NC(=O)c1ccc(B(O)O)cc1. The van der Waals surface area contributed by atoms with Crippen LogP contribution in [0.2, 0.25) is 0 Å². The van der Waals surface area contributed by atoms with Gasteiger partial charge in [0.1, 0.15) is 0 Å². The largest absolute Gasteiger partial charge is 0.488 e. The fourth-order valence-electron chi connectivity index (χ4n) is 2.56. The number of carbonyl (C=O) groups excluding carboxylic acids is 2. The summed E-state index contributed by atoms with van der Waals surface area (Å²) >= 11 is 0. The molecular formula is C20H24B2N2O8. The summed E-state index contributed by atoms with van der Waals surface area (Å²) in [4.78, 5) is 24.4. The molecule has 0 radical (unpaired) electrons. The van der Waals surface area contributed by atoms with E-state index in [-0.39, 0.29) is 23.1 Å². The van der Waals surface area contributed by atoms with E-state index in [0.29, 0.717) is 11.3 Å². The third kappa shape index (κ3) is 7.61. The molecule has 12 heteroatoms. The van der Waals surface area contributed by atoms with Gasteiger partial charge in [-0.2, -0.15) is 0 Å². The van der Waals surface area contributed by atoms with Gasteiger partial charge in [-0.3, -0.25) is 9.59 Å². The first-order valence-corrected chi connectivity index (χ1v) is 9.57. The van der Waals surface area contributed by atoms with Crippen LogP contribution in [-0.4, -0.2) is 63.8 Å². The molecule has 0 aliphatic heterocycles. The molecule has 2 aromatic rings. The van der Waals surface area contributed by atoms with Crippen LogP contribution in [-0.2, 0) is 4.74 Å². The molecule has 0 heterocycles. The minimum atomic E-state index is -2.01. The second-order valence-corrected chi connectivity index (χ2v) is 7.08. The van der Waals surface area contributed by atoms with Crippen molar-refractivity contribution < 1.29 is 39.5 Å². The van der Waals surface area contributed by atoms with E-state index in [1.54, 1.807) is 6.92 Å².